The molecule has 1 aliphatic carbocycles. The van der Waals surface area contributed by atoms with Gasteiger partial charge in [-0.25, -0.2) is 4.39 Å². The molecular formula is C38H58FN5O5. The molecule has 0 bridgehead atoms. The number of halogens is 1. The second-order valence-electron chi connectivity index (χ2n) is 15.4. The lowest BCUT2D eigenvalue weighted by Crippen LogP contribution is -2.56. The van der Waals surface area contributed by atoms with Crippen LogP contribution in [0.4, 0.5) is 10.1 Å². The van der Waals surface area contributed by atoms with E-state index in [9.17, 15) is 19.8 Å². The highest BCUT2D eigenvalue weighted by molar-refractivity contribution is 5.97. The van der Waals surface area contributed by atoms with E-state index in [1.807, 2.05) is 44.1 Å². The Bertz CT molecular complexity index is 1470. The maximum atomic E-state index is 16.5. The Hall–Kier alpha value is -3.09. The summed E-state index contributed by atoms with van der Waals surface area (Å²) in [5, 5.41) is 28.7. The standard InChI is InChI=1S/C38H58FN5O5/c1-22-16-31(23(2)24(3)38(22,5)6)41-37(48)35-33(25(4)46)32(21-45)49-44(35)20-26-12-11-13-30(34(26)39)27-17-28(19-29(18-27)43(9)10)36(47)40-14-15-42(7)8/h11-13,17-19,22-25,31-33,35,45-46H,14-16,20-21H2,1-10H3,(H,40,47)(H,41,48)/t22-,23+,24+,25+,31+,32+,33-,35+/m1/s1. The SMILES string of the molecule is C[C@@H]1[C@@H](NC(=O)[C@@H]2[C@H]([C@H](C)O)[C@H](CO)ON2Cc2cccc(-c3cc(C(=O)NCCN(C)C)cc(N(C)C)c3)c2F)C[C@@H](C)C(C)(C)[C@H]1C. The van der Waals surface area contributed by atoms with Gasteiger partial charge in [-0.3, -0.25) is 14.4 Å². The molecule has 4 N–H and O–H groups in total. The number of aliphatic hydroxyl groups is 2. The number of hydrogen-bond donors (Lipinski definition) is 4. The number of amides is 2. The van der Waals surface area contributed by atoms with Crippen molar-refractivity contribution in [1.82, 2.24) is 20.6 Å². The highest BCUT2D eigenvalue weighted by atomic mass is 19.1. The number of nitrogens with one attached hydrogen (secondary N) is 2. The second-order valence-corrected chi connectivity index (χ2v) is 15.4. The van der Waals surface area contributed by atoms with Crippen LogP contribution in [0.5, 0.6) is 0 Å². The molecular weight excluding hydrogens is 625 g/mol. The maximum Gasteiger partial charge on any atom is 0.251 e. The minimum absolute atomic E-state index is 0.0754. The minimum Gasteiger partial charge on any atom is -0.394 e. The number of anilines is 1. The zero-order valence-corrected chi connectivity index (χ0v) is 31.0. The Morgan fingerprint density at radius 1 is 1.12 bits per heavy atom. The van der Waals surface area contributed by atoms with Gasteiger partial charge in [-0.05, 0) is 74.4 Å². The van der Waals surface area contributed by atoms with Crippen molar-refractivity contribution in [3.8, 4) is 11.1 Å². The van der Waals surface area contributed by atoms with Gasteiger partial charge in [-0.1, -0.05) is 52.8 Å². The van der Waals surface area contributed by atoms with Gasteiger partial charge >= 0.3 is 0 Å². The molecule has 0 radical (unpaired) electrons. The van der Waals surface area contributed by atoms with Crippen LogP contribution < -0.4 is 15.5 Å². The van der Waals surface area contributed by atoms with Crippen LogP contribution >= 0.6 is 0 Å². The molecule has 2 aromatic rings. The average molecular weight is 684 g/mol. The number of likely N-dealkylation sites (N-methyl/N-ethyl adjacent to an activating group) is 1. The first-order valence-electron chi connectivity index (χ1n) is 17.5. The normalized spacial score (nSPS) is 27.6. The number of carbonyl (C=O) groups is 2. The quantitative estimate of drug-likeness (QED) is 0.264. The van der Waals surface area contributed by atoms with Crippen LogP contribution in [0.15, 0.2) is 36.4 Å². The lowest BCUT2D eigenvalue weighted by atomic mass is 9.58. The predicted molar refractivity (Wildman–Crippen MR) is 191 cm³/mol. The summed E-state index contributed by atoms with van der Waals surface area (Å²) in [6.07, 6.45) is -0.988. The molecule has 272 valence electrons. The summed E-state index contributed by atoms with van der Waals surface area (Å²) in [5.74, 6) is -0.831. The van der Waals surface area contributed by atoms with Crippen LogP contribution in [-0.4, -0.2) is 104 Å². The van der Waals surface area contributed by atoms with E-state index >= 15 is 4.39 Å². The first-order valence-corrected chi connectivity index (χ1v) is 17.5. The molecule has 0 unspecified atom stereocenters. The molecule has 8 atom stereocenters. The first kappa shape index (κ1) is 38.7. The monoisotopic (exact) mass is 683 g/mol. The summed E-state index contributed by atoms with van der Waals surface area (Å²) in [4.78, 5) is 37.2. The largest absolute Gasteiger partial charge is 0.394 e. The molecule has 1 saturated heterocycles. The number of benzene rings is 2. The van der Waals surface area contributed by atoms with Crippen molar-refractivity contribution >= 4 is 17.5 Å². The number of hydrogen-bond acceptors (Lipinski definition) is 8. The summed E-state index contributed by atoms with van der Waals surface area (Å²) in [6.45, 7) is 13.4. The summed E-state index contributed by atoms with van der Waals surface area (Å²) < 4.78 is 16.5. The van der Waals surface area contributed by atoms with Gasteiger partial charge in [0.25, 0.3) is 5.91 Å². The lowest BCUT2D eigenvalue weighted by Gasteiger charge is -2.50. The lowest BCUT2D eigenvalue weighted by molar-refractivity contribution is -0.182. The second kappa shape index (κ2) is 15.9. The van der Waals surface area contributed by atoms with E-state index < -0.39 is 36.6 Å². The van der Waals surface area contributed by atoms with Crippen LogP contribution in [0.3, 0.4) is 0 Å². The van der Waals surface area contributed by atoms with Crippen LogP contribution in [0, 0.1) is 34.9 Å². The van der Waals surface area contributed by atoms with Gasteiger partial charge in [0, 0.05) is 61.5 Å². The van der Waals surface area contributed by atoms with E-state index in [1.165, 1.54) is 5.06 Å². The van der Waals surface area contributed by atoms with Crippen molar-refractivity contribution in [2.75, 3.05) is 52.8 Å². The fraction of sp³-hybridized carbons (Fsp3) is 0.632. The van der Waals surface area contributed by atoms with E-state index in [-0.39, 0.29) is 41.3 Å². The molecule has 2 amide bonds. The summed E-state index contributed by atoms with van der Waals surface area (Å²) in [7, 11) is 7.59. The molecule has 49 heavy (non-hydrogen) atoms. The van der Waals surface area contributed by atoms with E-state index in [1.54, 1.807) is 37.3 Å². The van der Waals surface area contributed by atoms with Gasteiger partial charge in [-0.2, -0.15) is 5.06 Å². The predicted octanol–water partition coefficient (Wildman–Crippen LogP) is 4.15. The Morgan fingerprint density at radius 2 is 1.82 bits per heavy atom. The molecule has 10 nitrogen and oxygen atoms in total. The summed E-state index contributed by atoms with van der Waals surface area (Å²) in [5.41, 5.74) is 2.40. The van der Waals surface area contributed by atoms with Crippen molar-refractivity contribution in [3.63, 3.8) is 0 Å². The Labute approximate surface area is 291 Å². The Kier molecular flexibility index (Phi) is 12.5. The molecule has 2 aliphatic rings. The third-order valence-corrected chi connectivity index (χ3v) is 11.4. The highest BCUT2D eigenvalue weighted by Gasteiger charge is 2.51. The van der Waals surface area contributed by atoms with E-state index in [0.717, 1.165) is 12.1 Å². The minimum atomic E-state index is -0.967. The van der Waals surface area contributed by atoms with Crippen LogP contribution in [0.25, 0.3) is 11.1 Å². The topological polar surface area (TPSA) is 118 Å². The molecule has 1 saturated carbocycles. The average Bonchev–Trinajstić information content (AvgIpc) is 3.42. The molecule has 2 fully saturated rings. The van der Waals surface area contributed by atoms with Gasteiger partial charge in [0.1, 0.15) is 18.0 Å². The first-order chi connectivity index (χ1) is 23.0. The summed E-state index contributed by atoms with van der Waals surface area (Å²) in [6, 6.07) is 9.31. The molecule has 0 aromatic heterocycles. The fourth-order valence-corrected chi connectivity index (χ4v) is 7.45. The van der Waals surface area contributed by atoms with E-state index in [0.29, 0.717) is 41.6 Å². The zero-order chi connectivity index (χ0) is 36.4. The third kappa shape index (κ3) is 8.45. The van der Waals surface area contributed by atoms with Crippen molar-refractivity contribution in [2.24, 2.45) is 29.1 Å². The molecule has 1 aliphatic heterocycles. The molecule has 11 heteroatoms. The molecule has 2 aromatic carbocycles. The number of carbonyl (C=O) groups excluding carboxylic acids is 2. The number of nitrogens with zero attached hydrogens (tertiary/aromatic N) is 3. The van der Waals surface area contributed by atoms with Gasteiger partial charge in [-0.15, -0.1) is 0 Å². The van der Waals surface area contributed by atoms with Gasteiger partial charge < -0.3 is 30.6 Å². The fourth-order valence-electron chi connectivity index (χ4n) is 7.45. The van der Waals surface area contributed by atoms with Gasteiger partial charge in [0.05, 0.1) is 19.3 Å². The van der Waals surface area contributed by atoms with E-state index in [4.69, 9.17) is 4.84 Å². The Balaban J connectivity index is 1.65. The number of aliphatic hydroxyl groups excluding tert-OH is 2. The molecule has 0 spiro atoms. The van der Waals surface area contributed by atoms with E-state index in [2.05, 4.69) is 45.3 Å². The van der Waals surface area contributed by atoms with Gasteiger partial charge in [0.15, 0.2) is 0 Å². The van der Waals surface area contributed by atoms with Crippen molar-refractivity contribution in [2.45, 2.75) is 78.8 Å². The smallest absolute Gasteiger partial charge is 0.251 e. The maximum absolute atomic E-state index is 16.5. The number of hydroxylamine groups is 2. The highest BCUT2D eigenvalue weighted by Crippen LogP contribution is 2.47. The third-order valence-electron chi connectivity index (χ3n) is 11.4. The van der Waals surface area contributed by atoms with Crippen molar-refractivity contribution < 1.29 is 29.0 Å². The number of rotatable bonds is 12. The van der Waals surface area contributed by atoms with Crippen LogP contribution in [0.2, 0.25) is 0 Å². The molecule has 1 heterocycles. The zero-order valence-electron chi connectivity index (χ0n) is 31.0. The molecule has 4 rings (SSSR count). The van der Waals surface area contributed by atoms with Crippen molar-refractivity contribution in [3.05, 3.63) is 53.3 Å². The van der Waals surface area contributed by atoms with Crippen molar-refractivity contribution in [1.29, 1.82) is 0 Å². The van der Waals surface area contributed by atoms with Gasteiger partial charge in [0.2, 0.25) is 5.91 Å². The summed E-state index contributed by atoms with van der Waals surface area (Å²) >= 11 is 0. The van der Waals surface area contributed by atoms with Crippen LogP contribution in [0.1, 0.15) is 63.9 Å². The van der Waals surface area contributed by atoms with Crippen LogP contribution in [-0.2, 0) is 16.2 Å². The Morgan fingerprint density at radius 3 is 2.43 bits per heavy atom.